The minimum absolute atomic E-state index is 0.452. The van der Waals surface area contributed by atoms with Gasteiger partial charge in [-0.25, -0.2) is 0 Å². The molecule has 22 heavy (non-hydrogen) atoms. The third-order valence-electron chi connectivity index (χ3n) is 4.98. The quantitative estimate of drug-likeness (QED) is 0.874. The summed E-state index contributed by atoms with van der Waals surface area (Å²) in [5.74, 6) is 2.21. The average Bonchev–Trinajstić information content (AvgIpc) is 2.56. The predicted molar refractivity (Wildman–Crippen MR) is 94.3 cm³/mol. The lowest BCUT2D eigenvalue weighted by molar-refractivity contribution is 0.0268. The summed E-state index contributed by atoms with van der Waals surface area (Å²) in [6.07, 6.45) is 4.27. The van der Waals surface area contributed by atoms with Gasteiger partial charge in [0.25, 0.3) is 0 Å². The largest absolute Gasteiger partial charge is 0.389 e. The van der Waals surface area contributed by atoms with Gasteiger partial charge in [0.2, 0.25) is 0 Å². The maximum Gasteiger partial charge on any atom is 0.0787 e. The second-order valence-corrected chi connectivity index (χ2v) is 7.98. The van der Waals surface area contributed by atoms with Crippen molar-refractivity contribution in [3.63, 3.8) is 0 Å². The maximum absolute atomic E-state index is 10.6. The molecule has 3 nitrogen and oxygen atoms in total. The van der Waals surface area contributed by atoms with Crippen LogP contribution in [0, 0.1) is 0 Å². The number of nitrogens with zero attached hydrogens (tertiary/aromatic N) is 1. The molecule has 4 heteroatoms. The number of hydrogen-bond donors (Lipinski definition) is 2. The van der Waals surface area contributed by atoms with E-state index in [2.05, 4.69) is 40.5 Å². The Bertz CT molecular complexity index is 440. The summed E-state index contributed by atoms with van der Waals surface area (Å²) in [7, 11) is 0. The number of likely N-dealkylation sites (tertiary alicyclic amines) is 1. The van der Waals surface area contributed by atoms with Crippen molar-refractivity contribution in [2.45, 2.75) is 43.9 Å². The highest BCUT2D eigenvalue weighted by molar-refractivity contribution is 7.99. The van der Waals surface area contributed by atoms with Gasteiger partial charge in [-0.15, -0.1) is 0 Å². The first-order valence-electron chi connectivity index (χ1n) is 8.53. The van der Waals surface area contributed by atoms with Crippen LogP contribution in [0.5, 0.6) is 0 Å². The molecule has 0 unspecified atom stereocenters. The zero-order chi connectivity index (χ0) is 15.3. The van der Waals surface area contributed by atoms with Gasteiger partial charge >= 0.3 is 0 Å². The summed E-state index contributed by atoms with van der Waals surface area (Å²) < 4.78 is 0. The number of thioether (sulfide) groups is 1. The molecule has 0 saturated carbocycles. The lowest BCUT2D eigenvalue weighted by Crippen LogP contribution is -2.49. The smallest absolute Gasteiger partial charge is 0.0787 e. The van der Waals surface area contributed by atoms with Crippen LogP contribution in [0.2, 0.25) is 0 Å². The molecule has 0 amide bonds. The van der Waals surface area contributed by atoms with Crippen molar-refractivity contribution >= 4 is 11.8 Å². The van der Waals surface area contributed by atoms with Gasteiger partial charge in [0.15, 0.2) is 0 Å². The second-order valence-electron chi connectivity index (χ2n) is 6.75. The molecule has 2 fully saturated rings. The number of piperidine rings is 1. The third kappa shape index (κ3) is 4.72. The standard InChI is InChI=1S/C18H28N2OS/c21-18(8-12-22-13-9-18)15-19-17-6-10-20(11-7-17)14-16-4-2-1-3-5-16/h1-5,17,19,21H,6-15H2. The van der Waals surface area contributed by atoms with Gasteiger partial charge in [0.05, 0.1) is 5.60 Å². The van der Waals surface area contributed by atoms with E-state index in [9.17, 15) is 5.11 Å². The predicted octanol–water partition coefficient (Wildman–Crippen LogP) is 2.50. The van der Waals surface area contributed by atoms with E-state index in [1.807, 2.05) is 11.8 Å². The highest BCUT2D eigenvalue weighted by atomic mass is 32.2. The fourth-order valence-corrected chi connectivity index (χ4v) is 4.65. The van der Waals surface area contributed by atoms with Crippen molar-refractivity contribution in [2.24, 2.45) is 0 Å². The van der Waals surface area contributed by atoms with Gasteiger partial charge in [-0.05, 0) is 55.8 Å². The third-order valence-corrected chi connectivity index (χ3v) is 5.97. The Balaban J connectivity index is 1.38. The Morgan fingerprint density at radius 1 is 1.14 bits per heavy atom. The van der Waals surface area contributed by atoms with E-state index < -0.39 is 5.60 Å². The highest BCUT2D eigenvalue weighted by Gasteiger charge is 2.30. The Morgan fingerprint density at radius 2 is 1.82 bits per heavy atom. The molecule has 0 spiro atoms. The minimum atomic E-state index is -0.452. The molecule has 0 aliphatic carbocycles. The molecule has 0 radical (unpaired) electrons. The van der Waals surface area contributed by atoms with Crippen LogP contribution in [-0.4, -0.2) is 52.8 Å². The number of hydrogen-bond acceptors (Lipinski definition) is 4. The monoisotopic (exact) mass is 320 g/mol. The lowest BCUT2D eigenvalue weighted by Gasteiger charge is -2.36. The highest BCUT2D eigenvalue weighted by Crippen LogP contribution is 2.26. The molecule has 3 rings (SSSR count). The second kappa shape index (κ2) is 7.82. The van der Waals surface area contributed by atoms with E-state index in [-0.39, 0.29) is 0 Å². The van der Waals surface area contributed by atoms with Crippen LogP contribution in [-0.2, 0) is 6.54 Å². The van der Waals surface area contributed by atoms with Crippen molar-refractivity contribution < 1.29 is 5.11 Å². The zero-order valence-corrected chi connectivity index (χ0v) is 14.2. The summed E-state index contributed by atoms with van der Waals surface area (Å²) in [5.41, 5.74) is 0.954. The summed E-state index contributed by atoms with van der Waals surface area (Å²) in [6.45, 7) is 4.15. The molecule has 2 aliphatic rings. The molecule has 0 bridgehead atoms. The van der Waals surface area contributed by atoms with Crippen molar-refractivity contribution in [1.29, 1.82) is 0 Å². The normalized spacial score (nSPS) is 23.5. The zero-order valence-electron chi connectivity index (χ0n) is 13.3. The average molecular weight is 321 g/mol. The summed E-state index contributed by atoms with van der Waals surface area (Å²) in [6, 6.07) is 11.3. The molecular weight excluding hydrogens is 292 g/mol. The molecule has 0 atom stereocenters. The SMILES string of the molecule is OC1(CNC2CCN(Cc3ccccc3)CC2)CCSCC1. The molecular formula is C18H28N2OS. The molecule has 2 aliphatic heterocycles. The fraction of sp³-hybridized carbons (Fsp3) is 0.667. The van der Waals surface area contributed by atoms with Crippen molar-refractivity contribution in [3.8, 4) is 0 Å². The summed E-state index contributed by atoms with van der Waals surface area (Å²) in [5, 5.41) is 14.2. The molecule has 0 aromatic heterocycles. The molecule has 122 valence electrons. The topological polar surface area (TPSA) is 35.5 Å². The van der Waals surface area contributed by atoms with Crippen molar-refractivity contribution in [3.05, 3.63) is 35.9 Å². The van der Waals surface area contributed by atoms with Gasteiger partial charge in [0, 0.05) is 19.1 Å². The Morgan fingerprint density at radius 3 is 2.50 bits per heavy atom. The summed E-state index contributed by atoms with van der Waals surface area (Å²) >= 11 is 1.97. The van der Waals surface area contributed by atoms with Gasteiger partial charge in [-0.1, -0.05) is 30.3 Å². The van der Waals surface area contributed by atoms with E-state index in [1.165, 1.54) is 18.4 Å². The molecule has 2 N–H and O–H groups in total. The minimum Gasteiger partial charge on any atom is -0.389 e. The van der Waals surface area contributed by atoms with Gasteiger partial charge in [-0.3, -0.25) is 4.90 Å². The Labute approximate surface area is 138 Å². The fourth-order valence-electron chi connectivity index (χ4n) is 3.40. The molecule has 2 heterocycles. The number of rotatable bonds is 5. The van der Waals surface area contributed by atoms with Gasteiger partial charge in [0.1, 0.15) is 0 Å². The maximum atomic E-state index is 10.6. The van der Waals surface area contributed by atoms with E-state index in [4.69, 9.17) is 0 Å². The van der Waals surface area contributed by atoms with Crippen LogP contribution in [0.4, 0.5) is 0 Å². The Kier molecular flexibility index (Phi) is 5.80. The molecule has 1 aromatic rings. The first-order valence-corrected chi connectivity index (χ1v) is 9.69. The van der Waals surface area contributed by atoms with E-state index in [0.717, 1.165) is 50.5 Å². The van der Waals surface area contributed by atoms with Crippen LogP contribution in [0.3, 0.4) is 0 Å². The van der Waals surface area contributed by atoms with Crippen LogP contribution in [0.25, 0.3) is 0 Å². The van der Waals surface area contributed by atoms with Gasteiger partial charge in [-0.2, -0.15) is 11.8 Å². The van der Waals surface area contributed by atoms with Crippen LogP contribution in [0.15, 0.2) is 30.3 Å². The lowest BCUT2D eigenvalue weighted by atomic mass is 9.95. The van der Waals surface area contributed by atoms with Crippen molar-refractivity contribution in [1.82, 2.24) is 10.2 Å². The number of benzene rings is 1. The Hall–Kier alpha value is -0.550. The first kappa shape index (κ1) is 16.3. The van der Waals surface area contributed by atoms with E-state index in [1.54, 1.807) is 0 Å². The first-order chi connectivity index (χ1) is 10.7. The van der Waals surface area contributed by atoms with E-state index in [0.29, 0.717) is 6.04 Å². The summed E-state index contributed by atoms with van der Waals surface area (Å²) in [4.78, 5) is 2.54. The van der Waals surface area contributed by atoms with Crippen LogP contribution in [0.1, 0.15) is 31.2 Å². The van der Waals surface area contributed by atoms with E-state index >= 15 is 0 Å². The van der Waals surface area contributed by atoms with Crippen molar-refractivity contribution in [2.75, 3.05) is 31.1 Å². The number of aliphatic hydroxyl groups is 1. The molecule has 1 aromatic carbocycles. The number of nitrogens with one attached hydrogen (secondary N) is 1. The van der Waals surface area contributed by atoms with Crippen LogP contribution >= 0.6 is 11.8 Å². The van der Waals surface area contributed by atoms with Gasteiger partial charge < -0.3 is 10.4 Å². The molecule has 2 saturated heterocycles. The van der Waals surface area contributed by atoms with Crippen LogP contribution < -0.4 is 5.32 Å².